The Morgan fingerprint density at radius 3 is 2.48 bits per heavy atom. The van der Waals surface area contributed by atoms with Gasteiger partial charge in [-0.2, -0.15) is 0 Å². The lowest BCUT2D eigenvalue weighted by Gasteiger charge is -2.22. The van der Waals surface area contributed by atoms with Crippen molar-refractivity contribution < 1.29 is 12.8 Å². The van der Waals surface area contributed by atoms with Gasteiger partial charge in [-0.1, -0.05) is 28.1 Å². The first-order valence-corrected chi connectivity index (χ1v) is 10.4. The van der Waals surface area contributed by atoms with Gasteiger partial charge in [-0.05, 0) is 42.0 Å². The van der Waals surface area contributed by atoms with E-state index in [-0.39, 0.29) is 47.0 Å². The van der Waals surface area contributed by atoms with Crippen LogP contribution in [0.4, 0.5) is 4.39 Å². The molecule has 0 saturated carbocycles. The maximum atomic E-state index is 13.3. The average Bonchev–Trinajstić information content (AvgIpc) is 2.59. The molecule has 1 N–H and O–H groups in total. The van der Waals surface area contributed by atoms with Crippen molar-refractivity contribution in [2.75, 3.05) is 26.4 Å². The van der Waals surface area contributed by atoms with Crippen LogP contribution >= 0.6 is 39.9 Å². The van der Waals surface area contributed by atoms with E-state index in [1.165, 1.54) is 12.1 Å². The van der Waals surface area contributed by atoms with E-state index in [0.717, 1.165) is 10.0 Å². The molecule has 2 aromatic carbocycles. The summed E-state index contributed by atoms with van der Waals surface area (Å²) in [5.74, 6) is 0.196. The first kappa shape index (κ1) is 23.8. The topological polar surface area (TPSA) is 61.8 Å². The van der Waals surface area contributed by atoms with Crippen molar-refractivity contribution in [2.45, 2.75) is 11.4 Å². The molecule has 27 heavy (non-hydrogen) atoms. The average molecular weight is 570 g/mol. The van der Waals surface area contributed by atoms with Crippen LogP contribution < -0.4 is 5.32 Å². The zero-order valence-corrected chi connectivity index (χ0v) is 19.8. The van der Waals surface area contributed by atoms with Crippen LogP contribution in [-0.2, 0) is 16.4 Å². The fraction of sp³-hybridized carbons (Fsp3) is 0.278. The Balaban J connectivity index is 0.00000364. The van der Waals surface area contributed by atoms with E-state index in [1.807, 2.05) is 13.1 Å². The molecular formula is C18H22BrFIN3O2S. The Morgan fingerprint density at radius 2 is 1.89 bits per heavy atom. The molecule has 0 aromatic heterocycles. The Bertz CT molecular complexity index is 876. The molecule has 9 heteroatoms. The Labute approximate surface area is 185 Å². The van der Waals surface area contributed by atoms with Crippen molar-refractivity contribution >= 4 is 55.7 Å². The molecule has 2 rings (SSSR count). The highest BCUT2D eigenvalue weighted by Crippen LogP contribution is 2.15. The van der Waals surface area contributed by atoms with Gasteiger partial charge in [-0.15, -0.1) is 24.0 Å². The predicted molar refractivity (Wildman–Crippen MR) is 121 cm³/mol. The predicted octanol–water partition coefficient (Wildman–Crippen LogP) is 3.69. The number of guanidine groups is 1. The lowest BCUT2D eigenvalue weighted by molar-refractivity contribution is 0.476. The van der Waals surface area contributed by atoms with Gasteiger partial charge in [-0.25, -0.2) is 12.8 Å². The van der Waals surface area contributed by atoms with Gasteiger partial charge in [-0.3, -0.25) is 4.99 Å². The number of rotatable bonds is 6. The van der Waals surface area contributed by atoms with Gasteiger partial charge in [0.2, 0.25) is 0 Å². The van der Waals surface area contributed by atoms with Crippen LogP contribution in [0.1, 0.15) is 5.56 Å². The molecule has 0 aliphatic heterocycles. The van der Waals surface area contributed by atoms with Crippen molar-refractivity contribution in [3.63, 3.8) is 0 Å². The fourth-order valence-electron chi connectivity index (χ4n) is 2.43. The molecule has 5 nitrogen and oxygen atoms in total. The summed E-state index contributed by atoms with van der Waals surface area (Å²) in [6.07, 6.45) is 0. The van der Waals surface area contributed by atoms with Gasteiger partial charge in [0.25, 0.3) is 0 Å². The minimum absolute atomic E-state index is 0. The van der Waals surface area contributed by atoms with Crippen molar-refractivity contribution in [2.24, 2.45) is 4.99 Å². The lowest BCUT2D eigenvalue weighted by atomic mass is 10.2. The number of hydrogen-bond acceptors (Lipinski definition) is 3. The second-order valence-corrected chi connectivity index (χ2v) is 8.76. The number of nitrogens with zero attached hydrogens (tertiary/aromatic N) is 2. The minimum Gasteiger partial charge on any atom is -0.355 e. The summed E-state index contributed by atoms with van der Waals surface area (Å²) in [5.41, 5.74) is 0.804. The largest absolute Gasteiger partial charge is 0.355 e. The molecule has 0 bridgehead atoms. The first-order valence-electron chi connectivity index (χ1n) is 7.96. The van der Waals surface area contributed by atoms with Crippen LogP contribution in [0, 0.1) is 5.82 Å². The standard InChI is InChI=1S/C18H21BrFN3O2S.HI/c1-21-18(23(2)13-14-4-3-5-16(20)12-14)22-10-11-26(24,25)17-8-6-15(19)7-9-17;/h3-9,12H,10-11,13H2,1-2H3,(H,21,22);1H. The first-order chi connectivity index (χ1) is 12.3. The van der Waals surface area contributed by atoms with Crippen molar-refractivity contribution in [1.29, 1.82) is 0 Å². The van der Waals surface area contributed by atoms with E-state index in [2.05, 4.69) is 26.2 Å². The second-order valence-electron chi connectivity index (χ2n) is 5.73. The van der Waals surface area contributed by atoms with E-state index in [1.54, 1.807) is 42.3 Å². The third kappa shape index (κ3) is 7.38. The normalized spacial score (nSPS) is 11.6. The third-order valence-electron chi connectivity index (χ3n) is 3.71. The zero-order chi connectivity index (χ0) is 19.2. The molecule has 0 aliphatic carbocycles. The van der Waals surface area contributed by atoms with Crippen molar-refractivity contribution in [1.82, 2.24) is 10.2 Å². The Hall–Kier alpha value is -1.20. The maximum Gasteiger partial charge on any atom is 0.193 e. The quantitative estimate of drug-likeness (QED) is 0.327. The van der Waals surface area contributed by atoms with E-state index in [4.69, 9.17) is 0 Å². The molecule has 0 fully saturated rings. The molecule has 0 saturated heterocycles. The highest BCUT2D eigenvalue weighted by molar-refractivity contribution is 14.0. The number of nitrogens with one attached hydrogen (secondary N) is 1. The van der Waals surface area contributed by atoms with Gasteiger partial charge in [0, 0.05) is 31.7 Å². The smallest absolute Gasteiger partial charge is 0.193 e. The summed E-state index contributed by atoms with van der Waals surface area (Å²) in [6.45, 7) is 0.676. The molecular weight excluding hydrogens is 548 g/mol. The van der Waals surface area contributed by atoms with Crippen LogP contribution in [-0.4, -0.2) is 45.7 Å². The van der Waals surface area contributed by atoms with Crippen molar-refractivity contribution in [3.05, 3.63) is 64.4 Å². The summed E-state index contributed by atoms with van der Waals surface area (Å²) in [5, 5.41) is 3.04. The van der Waals surface area contributed by atoms with Gasteiger partial charge in [0.1, 0.15) is 5.82 Å². The number of aliphatic imine (C=N–C) groups is 1. The zero-order valence-electron chi connectivity index (χ0n) is 15.0. The summed E-state index contributed by atoms with van der Waals surface area (Å²) in [6, 6.07) is 12.9. The Morgan fingerprint density at radius 1 is 1.22 bits per heavy atom. The van der Waals surface area contributed by atoms with Gasteiger partial charge in [0.15, 0.2) is 15.8 Å². The summed E-state index contributed by atoms with van der Waals surface area (Å²) < 4.78 is 38.8. The van der Waals surface area contributed by atoms with Crippen LogP contribution in [0.3, 0.4) is 0 Å². The molecule has 0 heterocycles. The van der Waals surface area contributed by atoms with E-state index in [9.17, 15) is 12.8 Å². The minimum atomic E-state index is -3.38. The highest BCUT2D eigenvalue weighted by atomic mass is 127. The molecule has 0 aliphatic rings. The van der Waals surface area contributed by atoms with Gasteiger partial charge >= 0.3 is 0 Å². The number of hydrogen-bond donors (Lipinski definition) is 1. The van der Waals surface area contributed by atoms with Crippen molar-refractivity contribution in [3.8, 4) is 0 Å². The summed E-state index contributed by atoms with van der Waals surface area (Å²) in [4.78, 5) is 6.24. The molecule has 0 spiro atoms. The Kier molecular flexibility index (Phi) is 9.68. The number of benzene rings is 2. The highest BCUT2D eigenvalue weighted by Gasteiger charge is 2.15. The third-order valence-corrected chi connectivity index (χ3v) is 5.97. The summed E-state index contributed by atoms with van der Waals surface area (Å²) in [7, 11) is 0.0501. The van der Waals surface area contributed by atoms with Crippen LogP contribution in [0.5, 0.6) is 0 Å². The van der Waals surface area contributed by atoms with Crippen LogP contribution in [0.2, 0.25) is 0 Å². The molecule has 2 aromatic rings. The van der Waals surface area contributed by atoms with E-state index in [0.29, 0.717) is 12.5 Å². The number of sulfone groups is 1. The molecule has 0 radical (unpaired) electrons. The SMILES string of the molecule is CN=C(NCCS(=O)(=O)c1ccc(Br)cc1)N(C)Cc1cccc(F)c1.I. The molecule has 0 amide bonds. The molecule has 0 atom stereocenters. The lowest BCUT2D eigenvalue weighted by Crippen LogP contribution is -2.40. The van der Waals surface area contributed by atoms with Gasteiger partial charge < -0.3 is 10.2 Å². The maximum absolute atomic E-state index is 13.3. The van der Waals surface area contributed by atoms with Gasteiger partial charge in [0.05, 0.1) is 10.6 Å². The van der Waals surface area contributed by atoms with E-state index < -0.39 is 9.84 Å². The fourth-order valence-corrected chi connectivity index (χ4v) is 3.85. The van der Waals surface area contributed by atoms with Crippen LogP contribution in [0.25, 0.3) is 0 Å². The number of halogens is 3. The molecule has 0 unspecified atom stereocenters. The van der Waals surface area contributed by atoms with E-state index >= 15 is 0 Å². The molecule has 148 valence electrons. The van der Waals surface area contributed by atoms with Crippen LogP contribution in [0.15, 0.2) is 62.9 Å². The second kappa shape index (κ2) is 11.0. The summed E-state index contributed by atoms with van der Waals surface area (Å²) >= 11 is 3.29. The monoisotopic (exact) mass is 569 g/mol.